The lowest BCUT2D eigenvalue weighted by Crippen LogP contribution is -2.41. The van der Waals surface area contributed by atoms with Gasteiger partial charge in [-0.1, -0.05) is 17.3 Å². The van der Waals surface area contributed by atoms with Crippen molar-refractivity contribution in [3.63, 3.8) is 0 Å². The van der Waals surface area contributed by atoms with Crippen LogP contribution in [-0.2, 0) is 6.42 Å². The third kappa shape index (κ3) is 2.98. The molecule has 3 rings (SSSR count). The number of hydrogen-bond donors (Lipinski definition) is 1. The summed E-state index contributed by atoms with van der Waals surface area (Å²) in [5.74, 6) is 1.07. The number of hydrogen-bond acceptors (Lipinski definition) is 4. The standard InChI is InChI=1S/C14H16FN3O/c15-12-3-1-2-10(6-12)11-7-13(8-11)16-5-4-14-17-9-19-18-14/h1-3,6,9,11,13,16H,4-5,7-8H2. The van der Waals surface area contributed by atoms with Crippen LogP contribution in [0.4, 0.5) is 4.39 Å². The normalized spacial score (nSPS) is 22.2. The van der Waals surface area contributed by atoms with Crippen LogP contribution in [-0.4, -0.2) is 22.7 Å². The van der Waals surface area contributed by atoms with Crippen molar-refractivity contribution in [3.05, 3.63) is 47.9 Å². The largest absolute Gasteiger partial charge is 0.343 e. The second kappa shape index (κ2) is 5.48. The van der Waals surface area contributed by atoms with Crippen molar-refractivity contribution in [3.8, 4) is 0 Å². The van der Waals surface area contributed by atoms with Crippen LogP contribution in [0.2, 0.25) is 0 Å². The third-order valence-electron chi connectivity index (χ3n) is 3.65. The molecule has 0 radical (unpaired) electrons. The molecule has 0 aliphatic heterocycles. The van der Waals surface area contributed by atoms with Crippen LogP contribution in [0.15, 0.2) is 35.2 Å². The molecular formula is C14H16FN3O. The quantitative estimate of drug-likeness (QED) is 0.897. The van der Waals surface area contributed by atoms with Gasteiger partial charge < -0.3 is 9.84 Å². The van der Waals surface area contributed by atoms with Gasteiger partial charge in [0.05, 0.1) is 0 Å². The Labute approximate surface area is 111 Å². The summed E-state index contributed by atoms with van der Waals surface area (Å²) < 4.78 is 17.8. The lowest BCUT2D eigenvalue weighted by atomic mass is 9.76. The van der Waals surface area contributed by atoms with Crippen molar-refractivity contribution in [2.45, 2.75) is 31.2 Å². The van der Waals surface area contributed by atoms with Gasteiger partial charge in [0, 0.05) is 19.0 Å². The van der Waals surface area contributed by atoms with Gasteiger partial charge in [0.2, 0.25) is 6.39 Å². The van der Waals surface area contributed by atoms with Gasteiger partial charge in [0.25, 0.3) is 0 Å². The Kier molecular flexibility index (Phi) is 3.55. The second-order valence-electron chi connectivity index (χ2n) is 4.97. The van der Waals surface area contributed by atoms with Crippen LogP contribution in [0.1, 0.15) is 30.1 Å². The van der Waals surface area contributed by atoms with Crippen LogP contribution in [0.3, 0.4) is 0 Å². The fourth-order valence-corrected chi connectivity index (χ4v) is 2.51. The summed E-state index contributed by atoms with van der Waals surface area (Å²) in [6.45, 7) is 0.847. The molecule has 100 valence electrons. The summed E-state index contributed by atoms with van der Waals surface area (Å²) in [5.41, 5.74) is 1.11. The predicted octanol–water partition coefficient (Wildman–Crippen LogP) is 2.29. The van der Waals surface area contributed by atoms with Crippen molar-refractivity contribution in [1.82, 2.24) is 15.5 Å². The molecule has 1 N–H and O–H groups in total. The van der Waals surface area contributed by atoms with E-state index in [9.17, 15) is 4.39 Å². The smallest absolute Gasteiger partial charge is 0.213 e. The topological polar surface area (TPSA) is 51.0 Å². The molecule has 2 aromatic rings. The summed E-state index contributed by atoms with van der Waals surface area (Å²) in [4.78, 5) is 3.97. The van der Waals surface area contributed by atoms with Crippen molar-refractivity contribution in [2.24, 2.45) is 0 Å². The van der Waals surface area contributed by atoms with Gasteiger partial charge in [-0.3, -0.25) is 0 Å². The van der Waals surface area contributed by atoms with Gasteiger partial charge in [0.15, 0.2) is 5.82 Å². The van der Waals surface area contributed by atoms with Gasteiger partial charge in [-0.15, -0.1) is 0 Å². The average molecular weight is 261 g/mol. The molecule has 1 fully saturated rings. The molecular weight excluding hydrogens is 245 g/mol. The van der Waals surface area contributed by atoms with Crippen molar-refractivity contribution < 1.29 is 8.91 Å². The summed E-state index contributed by atoms with van der Waals surface area (Å²) in [6.07, 6.45) is 4.25. The van der Waals surface area contributed by atoms with Crippen LogP contribution >= 0.6 is 0 Å². The summed E-state index contributed by atoms with van der Waals surface area (Å²) in [5, 5.41) is 7.22. The Hall–Kier alpha value is -1.75. The highest BCUT2D eigenvalue weighted by Crippen LogP contribution is 2.36. The highest BCUT2D eigenvalue weighted by molar-refractivity contribution is 5.23. The van der Waals surface area contributed by atoms with E-state index in [1.54, 1.807) is 12.1 Å². The molecule has 4 nitrogen and oxygen atoms in total. The predicted molar refractivity (Wildman–Crippen MR) is 68.2 cm³/mol. The molecule has 1 aromatic heterocycles. The first-order valence-electron chi connectivity index (χ1n) is 6.55. The van der Waals surface area contributed by atoms with Crippen LogP contribution in [0.5, 0.6) is 0 Å². The molecule has 1 aliphatic carbocycles. The minimum atomic E-state index is -0.147. The number of halogens is 1. The zero-order valence-electron chi connectivity index (χ0n) is 10.6. The van der Waals surface area contributed by atoms with E-state index in [0.29, 0.717) is 12.0 Å². The van der Waals surface area contributed by atoms with E-state index in [-0.39, 0.29) is 5.82 Å². The molecule has 0 atom stereocenters. The molecule has 0 spiro atoms. The number of benzene rings is 1. The first-order chi connectivity index (χ1) is 9.31. The molecule has 1 aromatic carbocycles. The maximum atomic E-state index is 13.1. The highest BCUT2D eigenvalue weighted by Gasteiger charge is 2.29. The summed E-state index contributed by atoms with van der Waals surface area (Å²) in [7, 11) is 0. The third-order valence-corrected chi connectivity index (χ3v) is 3.65. The minimum Gasteiger partial charge on any atom is -0.343 e. The monoisotopic (exact) mass is 261 g/mol. The fourth-order valence-electron chi connectivity index (χ4n) is 2.51. The number of nitrogens with zero attached hydrogens (tertiary/aromatic N) is 2. The first kappa shape index (κ1) is 12.3. The summed E-state index contributed by atoms with van der Waals surface area (Å²) >= 11 is 0. The van der Waals surface area contributed by atoms with Crippen LogP contribution in [0.25, 0.3) is 0 Å². The van der Waals surface area contributed by atoms with Crippen LogP contribution in [0, 0.1) is 5.82 Å². The van der Waals surface area contributed by atoms with Gasteiger partial charge in [-0.25, -0.2) is 4.39 Å². The Bertz CT molecular complexity index is 523. The summed E-state index contributed by atoms with van der Waals surface area (Å²) in [6, 6.07) is 7.42. The van der Waals surface area contributed by atoms with E-state index in [4.69, 9.17) is 0 Å². The zero-order chi connectivity index (χ0) is 13.1. The van der Waals surface area contributed by atoms with Gasteiger partial charge >= 0.3 is 0 Å². The molecule has 1 aliphatic rings. The first-order valence-corrected chi connectivity index (χ1v) is 6.55. The van der Waals surface area contributed by atoms with E-state index in [2.05, 4.69) is 20.0 Å². The maximum Gasteiger partial charge on any atom is 0.213 e. The number of nitrogens with one attached hydrogen (secondary N) is 1. The second-order valence-corrected chi connectivity index (χ2v) is 4.97. The molecule has 0 unspecified atom stereocenters. The van der Waals surface area contributed by atoms with E-state index in [1.807, 2.05) is 6.07 Å². The Morgan fingerprint density at radius 3 is 3.00 bits per heavy atom. The van der Waals surface area contributed by atoms with Gasteiger partial charge in [-0.05, 0) is 36.5 Å². The molecule has 5 heteroatoms. The maximum absolute atomic E-state index is 13.1. The molecule has 19 heavy (non-hydrogen) atoms. The van der Waals surface area contributed by atoms with Crippen molar-refractivity contribution in [1.29, 1.82) is 0 Å². The van der Waals surface area contributed by atoms with Crippen molar-refractivity contribution >= 4 is 0 Å². The lowest BCUT2D eigenvalue weighted by molar-refractivity contribution is 0.291. The van der Waals surface area contributed by atoms with E-state index < -0.39 is 0 Å². The lowest BCUT2D eigenvalue weighted by Gasteiger charge is -2.36. The van der Waals surface area contributed by atoms with Gasteiger partial charge in [0.1, 0.15) is 5.82 Å². The minimum absolute atomic E-state index is 0.147. The molecule has 1 heterocycles. The molecule has 1 saturated carbocycles. The van der Waals surface area contributed by atoms with E-state index in [1.165, 1.54) is 12.5 Å². The SMILES string of the molecule is Fc1cccc(C2CC(NCCc3ncon3)C2)c1. The van der Waals surface area contributed by atoms with Crippen LogP contribution < -0.4 is 5.32 Å². The Morgan fingerprint density at radius 2 is 2.26 bits per heavy atom. The van der Waals surface area contributed by atoms with Crippen molar-refractivity contribution in [2.75, 3.05) is 6.54 Å². The number of rotatable bonds is 5. The van der Waals surface area contributed by atoms with E-state index >= 15 is 0 Å². The van der Waals surface area contributed by atoms with Gasteiger partial charge in [-0.2, -0.15) is 4.98 Å². The van der Waals surface area contributed by atoms with E-state index in [0.717, 1.165) is 37.2 Å². The molecule has 0 bridgehead atoms. The molecule has 0 saturated heterocycles. The average Bonchev–Trinajstić information content (AvgIpc) is 2.85. The highest BCUT2D eigenvalue weighted by atomic mass is 19.1. The Balaban J connectivity index is 1.41. The Morgan fingerprint density at radius 1 is 1.37 bits per heavy atom. The zero-order valence-corrected chi connectivity index (χ0v) is 10.6. The fraction of sp³-hybridized carbons (Fsp3) is 0.429. The number of aromatic nitrogens is 2. The molecule has 0 amide bonds.